The third-order valence-corrected chi connectivity index (χ3v) is 7.59. The first-order chi connectivity index (χ1) is 16.5. The van der Waals surface area contributed by atoms with Crippen LogP contribution in [0.4, 0.5) is 6.01 Å². The van der Waals surface area contributed by atoms with Crippen LogP contribution in [0, 0.1) is 0 Å². The molecular weight excluding hydrogens is 452 g/mol. The van der Waals surface area contributed by atoms with Crippen LogP contribution in [0.2, 0.25) is 0 Å². The second-order valence-corrected chi connectivity index (χ2v) is 9.94. The van der Waals surface area contributed by atoms with E-state index in [0.717, 1.165) is 11.1 Å². The Morgan fingerprint density at radius 2 is 1.62 bits per heavy atom. The number of fused-ring (bicyclic) bond motifs is 1. The van der Waals surface area contributed by atoms with Crippen LogP contribution in [0.5, 0.6) is 0 Å². The molecule has 3 aromatic carbocycles. The first kappa shape index (κ1) is 22.0. The number of carbonyl (C=O) groups excluding carboxylic acids is 1. The molecule has 1 N–H and O–H groups in total. The van der Waals surface area contributed by atoms with Gasteiger partial charge in [-0.2, -0.15) is 4.31 Å². The summed E-state index contributed by atoms with van der Waals surface area (Å²) in [6.07, 6.45) is 1.13. The fourth-order valence-corrected chi connectivity index (χ4v) is 5.34. The molecular formula is C25H22N4O4S. The van der Waals surface area contributed by atoms with Gasteiger partial charge in [-0.1, -0.05) is 59.7 Å². The number of nitrogens with one attached hydrogen (secondary N) is 1. The molecule has 2 heterocycles. The van der Waals surface area contributed by atoms with E-state index in [1.54, 1.807) is 0 Å². The third-order valence-electron chi connectivity index (χ3n) is 5.74. The molecule has 8 nitrogen and oxygen atoms in total. The minimum absolute atomic E-state index is 0.0142. The van der Waals surface area contributed by atoms with Crippen molar-refractivity contribution in [2.45, 2.75) is 24.3 Å². The molecule has 4 aromatic rings. The van der Waals surface area contributed by atoms with E-state index < -0.39 is 15.9 Å². The van der Waals surface area contributed by atoms with Crippen molar-refractivity contribution in [3.05, 3.63) is 107 Å². The summed E-state index contributed by atoms with van der Waals surface area (Å²) >= 11 is 0. The van der Waals surface area contributed by atoms with Crippen molar-refractivity contribution in [3.8, 4) is 0 Å². The van der Waals surface area contributed by atoms with Crippen molar-refractivity contribution in [2.24, 2.45) is 0 Å². The van der Waals surface area contributed by atoms with E-state index in [-0.39, 0.29) is 16.5 Å². The zero-order valence-electron chi connectivity index (χ0n) is 18.2. The molecule has 0 aliphatic carbocycles. The fraction of sp³-hybridized carbons (Fsp3) is 0.160. The second kappa shape index (κ2) is 9.20. The van der Waals surface area contributed by atoms with Crippen LogP contribution in [0.3, 0.4) is 0 Å². The average molecular weight is 475 g/mol. The Bertz CT molecular complexity index is 1420. The molecule has 0 unspecified atom stereocenters. The number of hydrogen-bond donors (Lipinski definition) is 1. The largest absolute Gasteiger partial charge is 0.407 e. The van der Waals surface area contributed by atoms with E-state index in [9.17, 15) is 13.2 Å². The van der Waals surface area contributed by atoms with Crippen molar-refractivity contribution in [1.29, 1.82) is 0 Å². The van der Waals surface area contributed by atoms with Crippen LogP contribution in [-0.2, 0) is 29.4 Å². The van der Waals surface area contributed by atoms with E-state index in [4.69, 9.17) is 4.42 Å². The van der Waals surface area contributed by atoms with Gasteiger partial charge >= 0.3 is 6.01 Å². The standard InChI is InChI=1S/C25H22N4O4S/c30-24(26-25-28-27-23(33-25)16-18-6-2-1-3-7-18)20-10-12-22(13-11-20)34(31,32)29-15-14-19-8-4-5-9-21(19)17-29/h1-13H,14-17H2,(H,26,28,30). The summed E-state index contributed by atoms with van der Waals surface area (Å²) in [4.78, 5) is 12.7. The highest BCUT2D eigenvalue weighted by Crippen LogP contribution is 2.25. The number of benzene rings is 3. The predicted molar refractivity (Wildman–Crippen MR) is 126 cm³/mol. The second-order valence-electron chi connectivity index (χ2n) is 8.00. The zero-order valence-corrected chi connectivity index (χ0v) is 19.0. The molecule has 0 bridgehead atoms. The molecule has 0 saturated carbocycles. The van der Waals surface area contributed by atoms with Gasteiger partial charge < -0.3 is 4.42 Å². The number of hydrogen-bond acceptors (Lipinski definition) is 6. The lowest BCUT2D eigenvalue weighted by molar-refractivity contribution is 0.102. The minimum atomic E-state index is -3.67. The summed E-state index contributed by atoms with van der Waals surface area (Å²) in [5.41, 5.74) is 3.48. The molecule has 1 aliphatic heterocycles. The van der Waals surface area contributed by atoms with Crippen molar-refractivity contribution in [3.63, 3.8) is 0 Å². The highest BCUT2D eigenvalue weighted by molar-refractivity contribution is 7.89. The quantitative estimate of drug-likeness (QED) is 0.457. The molecule has 0 radical (unpaired) electrons. The zero-order chi connectivity index (χ0) is 23.5. The fourth-order valence-electron chi connectivity index (χ4n) is 3.92. The Balaban J connectivity index is 1.25. The molecule has 0 saturated heterocycles. The lowest BCUT2D eigenvalue weighted by atomic mass is 10.0. The van der Waals surface area contributed by atoms with E-state index in [2.05, 4.69) is 15.5 Å². The first-order valence-electron chi connectivity index (χ1n) is 10.8. The van der Waals surface area contributed by atoms with Gasteiger partial charge in [0.15, 0.2) is 0 Å². The number of aromatic nitrogens is 2. The Morgan fingerprint density at radius 3 is 2.38 bits per heavy atom. The van der Waals surface area contributed by atoms with E-state index in [0.29, 0.717) is 31.8 Å². The molecule has 1 aliphatic rings. The molecule has 5 rings (SSSR count). The van der Waals surface area contributed by atoms with Gasteiger partial charge in [0.05, 0.1) is 11.3 Å². The Kier molecular flexibility index (Phi) is 5.95. The van der Waals surface area contributed by atoms with Crippen molar-refractivity contribution < 1.29 is 17.6 Å². The van der Waals surface area contributed by atoms with E-state index in [1.807, 2.05) is 54.6 Å². The van der Waals surface area contributed by atoms with Crippen LogP contribution in [0.1, 0.15) is 32.9 Å². The Hall–Kier alpha value is -3.82. The van der Waals surface area contributed by atoms with Crippen molar-refractivity contribution >= 4 is 21.9 Å². The lowest BCUT2D eigenvalue weighted by Gasteiger charge is -2.28. The van der Waals surface area contributed by atoms with Crippen molar-refractivity contribution in [2.75, 3.05) is 11.9 Å². The van der Waals surface area contributed by atoms with Crippen LogP contribution in [0.25, 0.3) is 0 Å². The number of sulfonamides is 1. The van der Waals surface area contributed by atoms with Crippen molar-refractivity contribution in [1.82, 2.24) is 14.5 Å². The van der Waals surface area contributed by atoms with Gasteiger partial charge in [-0.05, 0) is 47.4 Å². The number of nitrogens with zero attached hydrogens (tertiary/aromatic N) is 3. The lowest BCUT2D eigenvalue weighted by Crippen LogP contribution is -2.35. The summed E-state index contributed by atoms with van der Waals surface area (Å²) in [5.74, 6) is -0.0863. The Morgan fingerprint density at radius 1 is 0.912 bits per heavy atom. The van der Waals surface area contributed by atoms with Crippen LogP contribution < -0.4 is 5.32 Å². The van der Waals surface area contributed by atoms with Gasteiger partial charge in [0.1, 0.15) is 0 Å². The van der Waals surface area contributed by atoms with Gasteiger partial charge in [0, 0.05) is 18.7 Å². The molecule has 1 aromatic heterocycles. The van der Waals surface area contributed by atoms with Gasteiger partial charge in [-0.15, -0.1) is 5.10 Å². The highest BCUT2D eigenvalue weighted by Gasteiger charge is 2.28. The maximum absolute atomic E-state index is 13.1. The number of amides is 1. The molecule has 0 fully saturated rings. The Labute approximate surface area is 197 Å². The predicted octanol–water partition coefficient (Wildman–Crippen LogP) is 3.66. The van der Waals surface area contributed by atoms with E-state index in [1.165, 1.54) is 34.1 Å². The molecule has 34 heavy (non-hydrogen) atoms. The van der Waals surface area contributed by atoms with E-state index >= 15 is 0 Å². The smallest absolute Gasteiger partial charge is 0.322 e. The van der Waals surface area contributed by atoms with Gasteiger partial charge in [-0.25, -0.2) is 8.42 Å². The molecule has 0 spiro atoms. The topological polar surface area (TPSA) is 105 Å². The molecule has 172 valence electrons. The first-order valence-corrected chi connectivity index (χ1v) is 12.3. The van der Waals surface area contributed by atoms with Crippen LogP contribution >= 0.6 is 0 Å². The van der Waals surface area contributed by atoms with Gasteiger partial charge in [-0.3, -0.25) is 10.1 Å². The third kappa shape index (κ3) is 4.61. The molecule has 9 heteroatoms. The monoisotopic (exact) mass is 474 g/mol. The maximum Gasteiger partial charge on any atom is 0.322 e. The summed E-state index contributed by atoms with van der Waals surface area (Å²) < 4.78 is 33.2. The van der Waals surface area contributed by atoms with Crippen LogP contribution in [0.15, 0.2) is 88.2 Å². The summed E-state index contributed by atoms with van der Waals surface area (Å²) in [6.45, 7) is 0.757. The number of carbonyl (C=O) groups is 1. The number of anilines is 1. The summed E-state index contributed by atoms with van der Waals surface area (Å²) in [5, 5.41) is 10.4. The minimum Gasteiger partial charge on any atom is -0.407 e. The molecule has 0 atom stereocenters. The number of rotatable bonds is 6. The van der Waals surface area contributed by atoms with Crippen LogP contribution in [-0.4, -0.2) is 35.4 Å². The summed E-state index contributed by atoms with van der Waals surface area (Å²) in [7, 11) is -3.67. The summed E-state index contributed by atoms with van der Waals surface area (Å²) in [6, 6.07) is 23.3. The SMILES string of the molecule is O=C(Nc1nnc(Cc2ccccc2)o1)c1ccc(S(=O)(=O)N2CCc3ccccc3C2)cc1. The maximum atomic E-state index is 13.1. The normalized spacial score (nSPS) is 13.9. The average Bonchev–Trinajstić information content (AvgIpc) is 3.30. The van der Waals surface area contributed by atoms with Gasteiger partial charge in [0.2, 0.25) is 15.9 Å². The van der Waals surface area contributed by atoms with Gasteiger partial charge in [0.25, 0.3) is 5.91 Å². The highest BCUT2D eigenvalue weighted by atomic mass is 32.2. The molecule has 1 amide bonds.